The van der Waals surface area contributed by atoms with Crippen LogP contribution in [-0.2, 0) is 17.6 Å². The Bertz CT molecular complexity index is 1120. The van der Waals surface area contributed by atoms with Gasteiger partial charge < -0.3 is 14.8 Å². The highest BCUT2D eigenvalue weighted by Gasteiger charge is 2.30. The van der Waals surface area contributed by atoms with Crippen LogP contribution in [0.4, 0.5) is 18.9 Å². The molecule has 0 saturated carbocycles. The number of hydrazone groups is 1. The maximum atomic E-state index is 12.8. The molecule has 2 N–H and O–H groups in total. The highest BCUT2D eigenvalue weighted by Crippen LogP contribution is 2.31. The Morgan fingerprint density at radius 1 is 0.971 bits per heavy atom. The lowest BCUT2D eigenvalue weighted by Gasteiger charge is -2.12. The predicted octanol–water partition coefficient (Wildman–Crippen LogP) is 5.25. The molecule has 9 heteroatoms. The van der Waals surface area contributed by atoms with E-state index >= 15 is 0 Å². The number of ether oxygens (including phenoxy) is 2. The first-order valence-electron chi connectivity index (χ1n) is 10.5. The summed E-state index contributed by atoms with van der Waals surface area (Å²) in [7, 11) is 0. The Morgan fingerprint density at radius 3 is 2.50 bits per heavy atom. The predicted molar refractivity (Wildman–Crippen MR) is 124 cm³/mol. The molecule has 0 aliphatic carbocycles. The number of benzene rings is 3. The topological polar surface area (TPSA) is 72.0 Å². The second-order valence-corrected chi connectivity index (χ2v) is 7.14. The summed E-state index contributed by atoms with van der Waals surface area (Å²) in [6, 6.07) is 19.6. The molecule has 0 heterocycles. The van der Waals surface area contributed by atoms with Crippen molar-refractivity contribution in [2.45, 2.75) is 19.7 Å². The molecule has 0 bridgehead atoms. The first-order valence-corrected chi connectivity index (χ1v) is 10.5. The van der Waals surface area contributed by atoms with E-state index < -0.39 is 17.6 Å². The van der Waals surface area contributed by atoms with Crippen molar-refractivity contribution in [2.24, 2.45) is 5.10 Å². The van der Waals surface area contributed by atoms with Crippen LogP contribution in [0.25, 0.3) is 0 Å². The van der Waals surface area contributed by atoms with E-state index in [1.54, 1.807) is 18.2 Å². The number of carbonyl (C=O) groups excluding carboxylic acids is 1. The highest BCUT2D eigenvalue weighted by molar-refractivity contribution is 5.84. The van der Waals surface area contributed by atoms with E-state index in [-0.39, 0.29) is 12.2 Å². The summed E-state index contributed by atoms with van der Waals surface area (Å²) in [6.45, 7) is 2.46. The van der Waals surface area contributed by atoms with Gasteiger partial charge in [0.25, 0.3) is 5.91 Å². The van der Waals surface area contributed by atoms with Crippen molar-refractivity contribution in [3.8, 4) is 11.5 Å². The maximum absolute atomic E-state index is 12.8. The molecule has 0 aliphatic rings. The third kappa shape index (κ3) is 7.54. The van der Waals surface area contributed by atoms with E-state index in [0.717, 1.165) is 17.7 Å². The van der Waals surface area contributed by atoms with E-state index in [0.29, 0.717) is 30.3 Å². The number of nitrogens with one attached hydrogen (secondary N) is 2. The number of rotatable bonds is 10. The lowest BCUT2D eigenvalue weighted by atomic mass is 10.2. The summed E-state index contributed by atoms with van der Waals surface area (Å²) in [6.07, 6.45) is -3.02. The molecule has 0 aliphatic heterocycles. The molecule has 1 amide bonds. The van der Waals surface area contributed by atoms with Gasteiger partial charge in [0.15, 0.2) is 11.5 Å². The van der Waals surface area contributed by atoms with Crippen LogP contribution >= 0.6 is 0 Å². The minimum Gasteiger partial charge on any atom is -0.490 e. The Labute approximate surface area is 195 Å². The zero-order valence-electron chi connectivity index (χ0n) is 18.4. The molecule has 0 unspecified atom stereocenters. The fraction of sp³-hybridized carbons (Fsp3) is 0.200. The van der Waals surface area contributed by atoms with E-state index in [1.807, 2.05) is 37.3 Å². The fourth-order valence-corrected chi connectivity index (χ4v) is 2.93. The Balaban J connectivity index is 1.54. The molecule has 178 valence electrons. The van der Waals surface area contributed by atoms with Crippen LogP contribution in [0, 0.1) is 0 Å². The molecule has 3 aromatic rings. The Kier molecular flexibility index (Phi) is 8.50. The first kappa shape index (κ1) is 24.6. The fourth-order valence-electron chi connectivity index (χ4n) is 2.93. The van der Waals surface area contributed by atoms with Crippen LogP contribution in [0.15, 0.2) is 77.9 Å². The van der Waals surface area contributed by atoms with Gasteiger partial charge in [-0.2, -0.15) is 18.3 Å². The van der Waals surface area contributed by atoms with Crippen molar-refractivity contribution in [3.63, 3.8) is 0 Å². The Morgan fingerprint density at radius 2 is 1.76 bits per heavy atom. The zero-order chi connectivity index (χ0) is 24.4. The molecule has 0 fully saturated rings. The van der Waals surface area contributed by atoms with Gasteiger partial charge in [0.2, 0.25) is 0 Å². The van der Waals surface area contributed by atoms with Crippen molar-refractivity contribution in [3.05, 3.63) is 89.5 Å². The number of alkyl halides is 3. The third-order valence-electron chi connectivity index (χ3n) is 4.55. The molecular weight excluding hydrogens is 447 g/mol. The van der Waals surface area contributed by atoms with E-state index in [4.69, 9.17) is 9.47 Å². The van der Waals surface area contributed by atoms with E-state index in [2.05, 4.69) is 15.8 Å². The van der Waals surface area contributed by atoms with Crippen LogP contribution in [0.1, 0.15) is 23.6 Å². The van der Waals surface area contributed by atoms with Crippen molar-refractivity contribution in [1.29, 1.82) is 0 Å². The number of carbonyl (C=O) groups is 1. The number of anilines is 1. The van der Waals surface area contributed by atoms with Gasteiger partial charge in [-0.1, -0.05) is 36.4 Å². The smallest absolute Gasteiger partial charge is 0.416 e. The SMILES string of the molecule is CCOc1cc(/C=N\NC(=O)CNc2cccc(C(F)(F)F)c2)ccc1OCc1ccccc1. The lowest BCUT2D eigenvalue weighted by Crippen LogP contribution is -2.26. The molecule has 6 nitrogen and oxygen atoms in total. The average molecular weight is 471 g/mol. The van der Waals surface area contributed by atoms with E-state index in [9.17, 15) is 18.0 Å². The number of hydrogen-bond donors (Lipinski definition) is 2. The number of halogens is 3. The second-order valence-electron chi connectivity index (χ2n) is 7.14. The van der Waals surface area contributed by atoms with Crippen LogP contribution in [-0.4, -0.2) is 25.3 Å². The van der Waals surface area contributed by atoms with Gasteiger partial charge in [0, 0.05) is 5.69 Å². The standard InChI is InChI=1S/C25H24F3N3O3/c1-2-33-23-13-19(11-12-22(23)34-17-18-7-4-3-5-8-18)15-30-31-24(32)16-29-21-10-6-9-20(14-21)25(26,27)28/h3-15,29H,2,16-17H2,1H3,(H,31,32)/b30-15-. The van der Waals surface area contributed by atoms with Gasteiger partial charge in [0.05, 0.1) is 24.9 Å². The second kappa shape index (κ2) is 11.7. The summed E-state index contributed by atoms with van der Waals surface area (Å²) >= 11 is 0. The van der Waals surface area contributed by atoms with Crippen LogP contribution in [0.2, 0.25) is 0 Å². The number of nitrogens with zero attached hydrogens (tertiary/aromatic N) is 1. The number of hydrogen-bond acceptors (Lipinski definition) is 5. The van der Waals surface area contributed by atoms with Gasteiger partial charge in [-0.05, 0) is 54.4 Å². The molecule has 0 radical (unpaired) electrons. The van der Waals surface area contributed by atoms with E-state index in [1.165, 1.54) is 18.3 Å². The summed E-state index contributed by atoms with van der Waals surface area (Å²) in [5.74, 6) is 0.610. The quantitative estimate of drug-likeness (QED) is 0.313. The highest BCUT2D eigenvalue weighted by atomic mass is 19.4. The van der Waals surface area contributed by atoms with Crippen LogP contribution in [0.5, 0.6) is 11.5 Å². The summed E-state index contributed by atoms with van der Waals surface area (Å²) in [5.41, 5.74) is 3.41. The molecule has 3 aromatic carbocycles. The normalized spacial score (nSPS) is 11.3. The molecule has 34 heavy (non-hydrogen) atoms. The lowest BCUT2D eigenvalue weighted by molar-refractivity contribution is -0.137. The average Bonchev–Trinajstić information content (AvgIpc) is 2.83. The molecule has 0 aromatic heterocycles. The van der Waals surface area contributed by atoms with Gasteiger partial charge in [-0.3, -0.25) is 4.79 Å². The molecule has 0 spiro atoms. The summed E-state index contributed by atoms with van der Waals surface area (Å²) < 4.78 is 49.8. The number of amides is 1. The molecule has 0 saturated heterocycles. The summed E-state index contributed by atoms with van der Waals surface area (Å²) in [4.78, 5) is 12.0. The van der Waals surface area contributed by atoms with Crippen molar-refractivity contribution in [2.75, 3.05) is 18.5 Å². The van der Waals surface area contributed by atoms with Crippen molar-refractivity contribution < 1.29 is 27.4 Å². The minimum atomic E-state index is -4.45. The first-order chi connectivity index (χ1) is 16.3. The molecule has 0 atom stereocenters. The van der Waals surface area contributed by atoms with Crippen molar-refractivity contribution >= 4 is 17.8 Å². The van der Waals surface area contributed by atoms with Gasteiger partial charge in [-0.25, -0.2) is 5.43 Å². The van der Waals surface area contributed by atoms with Gasteiger partial charge in [0.1, 0.15) is 6.61 Å². The monoisotopic (exact) mass is 471 g/mol. The molecular formula is C25H24F3N3O3. The van der Waals surface area contributed by atoms with Gasteiger partial charge in [-0.15, -0.1) is 0 Å². The van der Waals surface area contributed by atoms with Crippen LogP contribution in [0.3, 0.4) is 0 Å². The van der Waals surface area contributed by atoms with Crippen LogP contribution < -0.4 is 20.2 Å². The minimum absolute atomic E-state index is 0.182. The van der Waals surface area contributed by atoms with Crippen molar-refractivity contribution in [1.82, 2.24) is 5.43 Å². The zero-order valence-corrected chi connectivity index (χ0v) is 18.4. The Hall–Kier alpha value is -4.01. The largest absolute Gasteiger partial charge is 0.490 e. The third-order valence-corrected chi connectivity index (χ3v) is 4.55. The molecule has 3 rings (SSSR count). The maximum Gasteiger partial charge on any atom is 0.416 e. The van der Waals surface area contributed by atoms with Gasteiger partial charge >= 0.3 is 6.18 Å². The summed E-state index contributed by atoms with van der Waals surface area (Å²) in [5, 5.41) is 6.54.